The van der Waals surface area contributed by atoms with Crippen molar-refractivity contribution in [1.82, 2.24) is 9.99 Å². The predicted molar refractivity (Wildman–Crippen MR) is 136 cm³/mol. The maximum Gasteiger partial charge on any atom is 0.258 e. The molecule has 2 heterocycles. The molecule has 1 aliphatic rings. The van der Waals surface area contributed by atoms with E-state index in [-0.39, 0.29) is 22.4 Å². The summed E-state index contributed by atoms with van der Waals surface area (Å²) >= 11 is 17.7. The first-order valence-corrected chi connectivity index (χ1v) is 11.4. The lowest BCUT2D eigenvalue weighted by Crippen LogP contribution is -2.42. The molecule has 0 aliphatic carbocycles. The molecular formula is C23H18Cl2FN5O3S. The lowest BCUT2D eigenvalue weighted by atomic mass is 10.1. The Labute approximate surface area is 215 Å². The maximum absolute atomic E-state index is 13.5. The summed E-state index contributed by atoms with van der Waals surface area (Å²) in [4.78, 5) is 31.6. The van der Waals surface area contributed by atoms with E-state index in [0.29, 0.717) is 22.1 Å². The van der Waals surface area contributed by atoms with Gasteiger partial charge in [0.25, 0.3) is 5.91 Å². The average molecular weight is 534 g/mol. The fourth-order valence-electron chi connectivity index (χ4n) is 3.40. The molecule has 180 valence electrons. The van der Waals surface area contributed by atoms with Gasteiger partial charge in [0.2, 0.25) is 11.0 Å². The Balaban J connectivity index is 1.60. The quantitative estimate of drug-likeness (QED) is 0.418. The topological polar surface area (TPSA) is 86.8 Å². The van der Waals surface area contributed by atoms with E-state index in [1.807, 2.05) is 0 Å². The minimum atomic E-state index is -1.04. The van der Waals surface area contributed by atoms with Gasteiger partial charge in [0.05, 0.1) is 29.3 Å². The van der Waals surface area contributed by atoms with Gasteiger partial charge >= 0.3 is 0 Å². The smallest absolute Gasteiger partial charge is 0.258 e. The molecule has 12 heteroatoms. The van der Waals surface area contributed by atoms with Gasteiger partial charge in [-0.15, -0.1) is 0 Å². The van der Waals surface area contributed by atoms with Crippen molar-refractivity contribution in [1.29, 1.82) is 0 Å². The molecule has 0 bridgehead atoms. The molecule has 1 aliphatic heterocycles. The summed E-state index contributed by atoms with van der Waals surface area (Å²) in [5.74, 6) is -0.554. The van der Waals surface area contributed by atoms with Crippen LogP contribution in [0.15, 0.2) is 60.8 Å². The van der Waals surface area contributed by atoms with Crippen molar-refractivity contribution < 1.29 is 18.7 Å². The number of hydrazine groups is 1. The summed E-state index contributed by atoms with van der Waals surface area (Å²) in [6, 6.07) is 12.5. The Morgan fingerprint density at radius 2 is 1.86 bits per heavy atom. The molecule has 0 radical (unpaired) electrons. The molecule has 4 rings (SSSR count). The third kappa shape index (κ3) is 5.45. The number of pyridine rings is 1. The van der Waals surface area contributed by atoms with Gasteiger partial charge in [0, 0.05) is 11.9 Å². The molecule has 1 aromatic heterocycles. The number of aromatic nitrogens is 1. The lowest BCUT2D eigenvalue weighted by molar-refractivity contribution is -0.124. The number of nitrogens with zero attached hydrogens (tertiary/aromatic N) is 3. The van der Waals surface area contributed by atoms with E-state index in [1.54, 1.807) is 31.4 Å². The van der Waals surface area contributed by atoms with Gasteiger partial charge in [-0.05, 0) is 66.8 Å². The van der Waals surface area contributed by atoms with E-state index in [1.165, 1.54) is 46.4 Å². The number of nitrogens with one attached hydrogen (secondary N) is 2. The van der Waals surface area contributed by atoms with Crippen LogP contribution >= 0.6 is 35.4 Å². The molecule has 1 atom stereocenters. The standard InChI is InChI=1S/C23H18Cl2FN5O3S/c1-34-17-8-4-15(5-9-17)28-20(32)11-19-22(33)30(16-6-2-14(26)3-7-16)23(35)31(19)29-21-18(25)10-13(24)12-27-21/h2-10,12,19H,11H2,1H3,(H,27,29)(H,28,32). The molecule has 1 fully saturated rings. The van der Waals surface area contributed by atoms with E-state index in [4.69, 9.17) is 40.2 Å². The summed E-state index contributed by atoms with van der Waals surface area (Å²) in [6.45, 7) is 0. The van der Waals surface area contributed by atoms with Crippen LogP contribution in [0.5, 0.6) is 5.75 Å². The monoisotopic (exact) mass is 533 g/mol. The number of hydrogen-bond acceptors (Lipinski definition) is 6. The van der Waals surface area contributed by atoms with Gasteiger partial charge in [-0.1, -0.05) is 23.2 Å². The molecule has 2 amide bonds. The highest BCUT2D eigenvalue weighted by Gasteiger charge is 2.45. The van der Waals surface area contributed by atoms with E-state index in [2.05, 4.69) is 15.7 Å². The van der Waals surface area contributed by atoms with Crippen molar-refractivity contribution in [2.75, 3.05) is 22.8 Å². The van der Waals surface area contributed by atoms with E-state index in [9.17, 15) is 14.0 Å². The average Bonchev–Trinajstić information content (AvgIpc) is 3.05. The predicted octanol–water partition coefficient (Wildman–Crippen LogP) is 4.89. The van der Waals surface area contributed by atoms with Gasteiger partial charge in [-0.25, -0.2) is 14.4 Å². The number of benzene rings is 2. The maximum atomic E-state index is 13.5. The van der Waals surface area contributed by atoms with Crippen molar-refractivity contribution in [3.63, 3.8) is 0 Å². The third-order valence-electron chi connectivity index (χ3n) is 5.09. The van der Waals surface area contributed by atoms with Gasteiger partial charge < -0.3 is 10.1 Å². The molecule has 1 unspecified atom stereocenters. The number of hydrogen-bond donors (Lipinski definition) is 2. The zero-order chi connectivity index (χ0) is 25.1. The number of halogens is 3. The Morgan fingerprint density at radius 3 is 2.49 bits per heavy atom. The van der Waals surface area contributed by atoms with Crippen molar-refractivity contribution in [3.05, 3.63) is 76.7 Å². The number of anilines is 3. The number of methoxy groups -OCH3 is 1. The molecular weight excluding hydrogens is 516 g/mol. The van der Waals surface area contributed by atoms with Crippen molar-refractivity contribution >= 4 is 69.5 Å². The minimum Gasteiger partial charge on any atom is -0.497 e. The number of carbonyl (C=O) groups is 2. The largest absolute Gasteiger partial charge is 0.497 e. The van der Waals surface area contributed by atoms with Crippen molar-refractivity contribution in [2.24, 2.45) is 0 Å². The zero-order valence-electron chi connectivity index (χ0n) is 18.2. The second kappa shape index (κ2) is 10.4. The van der Waals surface area contributed by atoms with Crippen LogP contribution in [0.25, 0.3) is 0 Å². The summed E-state index contributed by atoms with van der Waals surface area (Å²) in [7, 11) is 1.54. The van der Waals surface area contributed by atoms with Crippen LogP contribution in [0, 0.1) is 5.82 Å². The van der Waals surface area contributed by atoms with Gasteiger partial charge in [0.15, 0.2) is 5.82 Å². The first-order chi connectivity index (χ1) is 16.8. The Bertz CT molecular complexity index is 1280. The molecule has 2 aromatic carbocycles. The van der Waals surface area contributed by atoms with Crippen LogP contribution in [0.3, 0.4) is 0 Å². The Morgan fingerprint density at radius 1 is 1.17 bits per heavy atom. The van der Waals surface area contributed by atoms with Gasteiger partial charge in [0.1, 0.15) is 17.6 Å². The number of rotatable bonds is 7. The van der Waals surface area contributed by atoms with Crippen LogP contribution in [0.2, 0.25) is 10.0 Å². The van der Waals surface area contributed by atoms with Gasteiger partial charge in [-0.3, -0.25) is 19.9 Å². The highest BCUT2D eigenvalue weighted by molar-refractivity contribution is 7.80. The Kier molecular flexibility index (Phi) is 7.34. The molecule has 2 N–H and O–H groups in total. The van der Waals surface area contributed by atoms with E-state index in [0.717, 1.165) is 0 Å². The van der Waals surface area contributed by atoms with Crippen molar-refractivity contribution in [2.45, 2.75) is 12.5 Å². The van der Waals surface area contributed by atoms with Crippen LogP contribution in [-0.4, -0.2) is 40.1 Å². The molecule has 8 nitrogen and oxygen atoms in total. The van der Waals surface area contributed by atoms with E-state index >= 15 is 0 Å². The third-order valence-corrected chi connectivity index (χ3v) is 5.96. The SMILES string of the molecule is COc1ccc(NC(=O)CC2C(=O)N(c3ccc(F)cc3)C(=S)N2Nc2ncc(Cl)cc2Cl)cc1. The number of carbonyl (C=O) groups excluding carboxylic acids is 2. The van der Waals surface area contributed by atoms with Gasteiger partial charge in [-0.2, -0.15) is 0 Å². The minimum absolute atomic E-state index is 0.0386. The molecule has 35 heavy (non-hydrogen) atoms. The zero-order valence-corrected chi connectivity index (χ0v) is 20.5. The second-order valence-corrected chi connectivity index (χ2v) is 8.60. The molecule has 3 aromatic rings. The molecule has 0 saturated carbocycles. The molecule has 1 saturated heterocycles. The fraction of sp³-hybridized carbons (Fsp3) is 0.130. The number of thiocarbonyl (C=S) groups is 1. The fourth-order valence-corrected chi connectivity index (χ4v) is 4.19. The summed E-state index contributed by atoms with van der Waals surface area (Å²) in [6.07, 6.45) is 1.13. The highest BCUT2D eigenvalue weighted by Crippen LogP contribution is 2.30. The highest BCUT2D eigenvalue weighted by atomic mass is 35.5. The second-order valence-electron chi connectivity index (χ2n) is 7.40. The molecule has 0 spiro atoms. The summed E-state index contributed by atoms with van der Waals surface area (Å²) < 4.78 is 18.6. The van der Waals surface area contributed by atoms with Crippen LogP contribution in [0.1, 0.15) is 6.42 Å². The van der Waals surface area contributed by atoms with Crippen molar-refractivity contribution in [3.8, 4) is 5.75 Å². The summed E-state index contributed by atoms with van der Waals surface area (Å²) in [5.41, 5.74) is 3.80. The number of ether oxygens (including phenoxy) is 1. The lowest BCUT2D eigenvalue weighted by Gasteiger charge is -2.25. The summed E-state index contributed by atoms with van der Waals surface area (Å²) in [5, 5.41) is 4.63. The van der Waals surface area contributed by atoms with Crippen LogP contribution in [-0.2, 0) is 9.59 Å². The first-order valence-electron chi connectivity index (χ1n) is 10.2. The number of amides is 2. The normalized spacial score (nSPS) is 15.4. The first kappa shape index (κ1) is 24.6. The van der Waals surface area contributed by atoms with Crippen LogP contribution < -0.4 is 20.4 Å². The van der Waals surface area contributed by atoms with Crippen LogP contribution in [0.4, 0.5) is 21.6 Å². The Hall–Kier alpha value is -3.47. The van der Waals surface area contributed by atoms with E-state index < -0.39 is 23.7 Å².